The second-order valence-electron chi connectivity index (χ2n) is 5.77. The van der Waals surface area contributed by atoms with Gasteiger partial charge >= 0.3 is 12.0 Å². The summed E-state index contributed by atoms with van der Waals surface area (Å²) in [6.07, 6.45) is 3.01. The molecule has 3 N–H and O–H groups in total. The van der Waals surface area contributed by atoms with E-state index in [4.69, 9.17) is 0 Å². The van der Waals surface area contributed by atoms with Gasteiger partial charge in [0.05, 0.1) is 5.41 Å². The van der Waals surface area contributed by atoms with E-state index in [9.17, 15) is 14.7 Å². The van der Waals surface area contributed by atoms with Gasteiger partial charge in [0.15, 0.2) is 0 Å². The fraction of sp³-hybridized carbons (Fsp3) is 0.867. The Labute approximate surface area is 122 Å². The van der Waals surface area contributed by atoms with Crippen LogP contribution < -0.4 is 10.6 Å². The van der Waals surface area contributed by atoms with Crippen LogP contribution in [0.1, 0.15) is 60.3 Å². The summed E-state index contributed by atoms with van der Waals surface area (Å²) in [5.41, 5.74) is -0.864. The molecule has 0 aromatic heterocycles. The Kier molecular flexibility index (Phi) is 8.26. The van der Waals surface area contributed by atoms with Crippen molar-refractivity contribution in [1.29, 1.82) is 0 Å². The maximum Gasteiger partial charge on any atom is 0.315 e. The van der Waals surface area contributed by atoms with E-state index in [1.54, 1.807) is 0 Å². The van der Waals surface area contributed by atoms with Crippen LogP contribution in [0.25, 0.3) is 0 Å². The summed E-state index contributed by atoms with van der Waals surface area (Å²) in [6.45, 7) is 10.1. The van der Waals surface area contributed by atoms with Crippen molar-refractivity contribution >= 4 is 12.0 Å². The molecule has 2 amide bonds. The molecule has 5 nitrogen and oxygen atoms in total. The average molecular weight is 286 g/mol. The van der Waals surface area contributed by atoms with Crippen LogP contribution in [0.3, 0.4) is 0 Å². The molecule has 0 saturated heterocycles. The van der Waals surface area contributed by atoms with Crippen LogP contribution in [0, 0.1) is 11.3 Å². The van der Waals surface area contributed by atoms with Crippen molar-refractivity contribution in [3.63, 3.8) is 0 Å². The van der Waals surface area contributed by atoms with Gasteiger partial charge in [-0.3, -0.25) is 4.79 Å². The largest absolute Gasteiger partial charge is 0.481 e. The standard InChI is InChI=1S/C15H30N2O3/c1-6-11(4)9-12(5)17-14(20)16-10-15(7-2,8-3)13(18)19/h11-12H,6-10H2,1-5H3,(H,18,19)(H2,16,17,20). The Morgan fingerprint density at radius 1 is 1.15 bits per heavy atom. The van der Waals surface area contributed by atoms with Gasteiger partial charge in [-0.15, -0.1) is 0 Å². The molecule has 0 fully saturated rings. The van der Waals surface area contributed by atoms with Crippen LogP contribution in [0.4, 0.5) is 4.79 Å². The Morgan fingerprint density at radius 2 is 1.70 bits per heavy atom. The lowest BCUT2D eigenvalue weighted by Crippen LogP contribution is -2.48. The highest BCUT2D eigenvalue weighted by molar-refractivity contribution is 5.78. The zero-order valence-corrected chi connectivity index (χ0v) is 13.5. The minimum atomic E-state index is -0.864. The van der Waals surface area contributed by atoms with Crippen molar-refractivity contribution in [3.8, 4) is 0 Å². The second-order valence-corrected chi connectivity index (χ2v) is 5.77. The maximum atomic E-state index is 11.8. The molecule has 0 heterocycles. The lowest BCUT2D eigenvalue weighted by atomic mass is 9.82. The predicted octanol–water partition coefficient (Wildman–Crippen LogP) is 3.00. The van der Waals surface area contributed by atoms with Gasteiger partial charge in [-0.25, -0.2) is 4.79 Å². The zero-order valence-electron chi connectivity index (χ0n) is 13.5. The van der Waals surface area contributed by atoms with E-state index in [0.29, 0.717) is 18.8 Å². The minimum Gasteiger partial charge on any atom is -0.481 e. The number of carbonyl (C=O) groups is 2. The first kappa shape index (κ1) is 18.7. The van der Waals surface area contributed by atoms with E-state index in [-0.39, 0.29) is 18.6 Å². The van der Waals surface area contributed by atoms with Crippen LogP contribution >= 0.6 is 0 Å². The van der Waals surface area contributed by atoms with E-state index in [0.717, 1.165) is 12.8 Å². The lowest BCUT2D eigenvalue weighted by molar-refractivity contribution is -0.149. The Hall–Kier alpha value is -1.26. The molecule has 0 bridgehead atoms. The van der Waals surface area contributed by atoms with E-state index >= 15 is 0 Å². The lowest BCUT2D eigenvalue weighted by Gasteiger charge is -2.27. The van der Waals surface area contributed by atoms with Crippen LogP contribution in [0.15, 0.2) is 0 Å². The van der Waals surface area contributed by atoms with Crippen molar-refractivity contribution in [1.82, 2.24) is 10.6 Å². The van der Waals surface area contributed by atoms with Gasteiger partial charge in [-0.1, -0.05) is 34.1 Å². The number of hydrogen-bond acceptors (Lipinski definition) is 2. The molecule has 118 valence electrons. The van der Waals surface area contributed by atoms with Crippen molar-refractivity contribution in [2.75, 3.05) is 6.54 Å². The maximum absolute atomic E-state index is 11.8. The fourth-order valence-electron chi connectivity index (χ4n) is 2.23. The summed E-state index contributed by atoms with van der Waals surface area (Å²) < 4.78 is 0. The van der Waals surface area contributed by atoms with E-state index in [2.05, 4.69) is 24.5 Å². The molecule has 20 heavy (non-hydrogen) atoms. The van der Waals surface area contributed by atoms with Gasteiger partial charge in [-0.05, 0) is 32.1 Å². The number of carbonyl (C=O) groups excluding carboxylic acids is 1. The molecule has 5 heteroatoms. The number of nitrogens with one attached hydrogen (secondary N) is 2. The minimum absolute atomic E-state index is 0.0902. The third-order valence-corrected chi connectivity index (χ3v) is 4.22. The number of aliphatic carboxylic acids is 1. The monoisotopic (exact) mass is 286 g/mol. The first-order valence-electron chi connectivity index (χ1n) is 7.59. The van der Waals surface area contributed by atoms with Gasteiger partial charge in [0.25, 0.3) is 0 Å². The third kappa shape index (κ3) is 5.80. The van der Waals surface area contributed by atoms with Crippen LogP contribution in [0.2, 0.25) is 0 Å². The molecule has 0 saturated carbocycles. The summed E-state index contributed by atoms with van der Waals surface area (Å²) in [5, 5.41) is 14.9. The highest BCUT2D eigenvalue weighted by atomic mass is 16.4. The molecular formula is C15H30N2O3. The van der Waals surface area contributed by atoms with Crippen molar-refractivity contribution in [3.05, 3.63) is 0 Å². The molecule has 0 spiro atoms. The number of hydrogen-bond donors (Lipinski definition) is 3. The predicted molar refractivity (Wildman–Crippen MR) is 80.7 cm³/mol. The molecular weight excluding hydrogens is 256 g/mol. The van der Waals surface area contributed by atoms with Gasteiger partial charge < -0.3 is 15.7 Å². The Balaban J connectivity index is 4.30. The molecule has 0 aliphatic heterocycles. The molecule has 0 aromatic rings. The molecule has 2 unspecified atom stereocenters. The molecule has 2 atom stereocenters. The first-order valence-corrected chi connectivity index (χ1v) is 7.59. The SMILES string of the molecule is CCC(C)CC(C)NC(=O)NCC(CC)(CC)C(=O)O. The second kappa shape index (κ2) is 8.82. The van der Waals surface area contributed by atoms with Gasteiger partial charge in [-0.2, -0.15) is 0 Å². The summed E-state index contributed by atoms with van der Waals surface area (Å²) in [7, 11) is 0. The summed E-state index contributed by atoms with van der Waals surface area (Å²) >= 11 is 0. The first-order chi connectivity index (χ1) is 9.31. The van der Waals surface area contributed by atoms with Crippen molar-refractivity contribution < 1.29 is 14.7 Å². The summed E-state index contributed by atoms with van der Waals surface area (Å²) in [4.78, 5) is 23.1. The van der Waals surface area contributed by atoms with E-state index in [1.165, 1.54) is 0 Å². The number of carboxylic acid groups (broad SMARTS) is 1. The smallest absolute Gasteiger partial charge is 0.315 e. The zero-order chi connectivity index (χ0) is 15.8. The van der Waals surface area contributed by atoms with Crippen LogP contribution in [0.5, 0.6) is 0 Å². The number of urea groups is 1. The third-order valence-electron chi connectivity index (χ3n) is 4.22. The van der Waals surface area contributed by atoms with Gasteiger partial charge in [0.1, 0.15) is 0 Å². The van der Waals surface area contributed by atoms with Gasteiger partial charge in [0.2, 0.25) is 0 Å². The highest BCUT2D eigenvalue weighted by Crippen LogP contribution is 2.25. The highest BCUT2D eigenvalue weighted by Gasteiger charge is 2.35. The topological polar surface area (TPSA) is 78.4 Å². The molecule has 0 radical (unpaired) electrons. The Morgan fingerprint density at radius 3 is 2.10 bits per heavy atom. The van der Waals surface area contributed by atoms with E-state index < -0.39 is 11.4 Å². The van der Waals surface area contributed by atoms with E-state index in [1.807, 2.05) is 20.8 Å². The van der Waals surface area contributed by atoms with Crippen molar-refractivity contribution in [2.24, 2.45) is 11.3 Å². The fourth-order valence-corrected chi connectivity index (χ4v) is 2.23. The number of carboxylic acids is 1. The summed E-state index contributed by atoms with van der Waals surface area (Å²) in [5.74, 6) is -0.287. The van der Waals surface area contributed by atoms with Crippen LogP contribution in [-0.4, -0.2) is 29.7 Å². The number of rotatable bonds is 9. The van der Waals surface area contributed by atoms with Crippen LogP contribution in [-0.2, 0) is 4.79 Å². The molecule has 0 aromatic carbocycles. The summed E-state index contributed by atoms with van der Waals surface area (Å²) in [6, 6.07) is -0.194. The quantitative estimate of drug-likeness (QED) is 0.609. The molecule has 0 rings (SSSR count). The van der Waals surface area contributed by atoms with Crippen molar-refractivity contribution in [2.45, 2.75) is 66.3 Å². The normalized spacial score (nSPS) is 14.4. The number of amides is 2. The van der Waals surface area contributed by atoms with Gasteiger partial charge in [0, 0.05) is 12.6 Å². The molecule has 0 aliphatic carbocycles. The average Bonchev–Trinajstić information content (AvgIpc) is 2.39. The Bertz CT molecular complexity index is 314. The molecule has 0 aliphatic rings.